The van der Waals surface area contributed by atoms with Crippen LogP contribution in [0.4, 0.5) is 5.69 Å². The maximum atomic E-state index is 11.2. The molecule has 0 radical (unpaired) electrons. The van der Waals surface area contributed by atoms with E-state index in [2.05, 4.69) is 12.1 Å². The third-order valence-electron chi connectivity index (χ3n) is 3.68. The van der Waals surface area contributed by atoms with Crippen LogP contribution < -0.4 is 14.4 Å². The van der Waals surface area contributed by atoms with Gasteiger partial charge in [-0.25, -0.2) is 0 Å². The summed E-state index contributed by atoms with van der Waals surface area (Å²) < 4.78 is 10.3. The van der Waals surface area contributed by atoms with Crippen LogP contribution in [-0.2, 0) is 0 Å². The average molecular weight is 309 g/mol. The second-order valence-corrected chi connectivity index (χ2v) is 5.18. The summed E-state index contributed by atoms with van der Waals surface area (Å²) in [6.07, 6.45) is 1.51. The Bertz CT molecular complexity index is 568. The zero-order chi connectivity index (χ0) is 16.1. The van der Waals surface area contributed by atoms with Crippen molar-refractivity contribution in [2.24, 2.45) is 5.10 Å². The first-order valence-electron chi connectivity index (χ1n) is 7.05. The van der Waals surface area contributed by atoms with Crippen LogP contribution in [0.3, 0.4) is 0 Å². The van der Waals surface area contributed by atoms with Crippen molar-refractivity contribution < 1.29 is 19.3 Å². The minimum absolute atomic E-state index is 0.0545. The van der Waals surface area contributed by atoms with Gasteiger partial charge in [0, 0.05) is 0 Å². The molecular formula is C14H21N4O4+. The second-order valence-electron chi connectivity index (χ2n) is 5.18. The molecule has 0 spiro atoms. The number of likely N-dealkylation sites (N-methyl/N-ethyl adjacent to an activating group) is 1. The average Bonchev–Trinajstić information content (AvgIpc) is 2.53. The summed E-state index contributed by atoms with van der Waals surface area (Å²) >= 11 is 0. The Kier molecular flexibility index (Phi) is 5.16. The van der Waals surface area contributed by atoms with Gasteiger partial charge < -0.3 is 14.4 Å². The van der Waals surface area contributed by atoms with Crippen molar-refractivity contribution in [3.8, 4) is 11.5 Å². The summed E-state index contributed by atoms with van der Waals surface area (Å²) in [6, 6.07) is 2.93. The molecule has 1 aromatic carbocycles. The van der Waals surface area contributed by atoms with Crippen molar-refractivity contribution >= 4 is 11.9 Å². The fraction of sp³-hybridized carbons (Fsp3) is 0.500. The second kappa shape index (κ2) is 7.08. The highest BCUT2D eigenvalue weighted by molar-refractivity contribution is 5.86. The van der Waals surface area contributed by atoms with Gasteiger partial charge in [-0.1, -0.05) is 0 Å². The first kappa shape index (κ1) is 16.0. The fourth-order valence-electron chi connectivity index (χ4n) is 2.28. The quantitative estimate of drug-likeness (QED) is 0.462. The summed E-state index contributed by atoms with van der Waals surface area (Å²) in [5, 5.41) is 17.5. The molecule has 1 aliphatic rings. The standard InChI is InChI=1S/C14H20N4O4/c1-16-4-6-17(7-5-16)15-10-11-8-13(21-2)14(22-3)9-12(11)18(19)20/h8-10H,4-7H2,1-3H3/p+1/b15-10-. The lowest BCUT2D eigenvalue weighted by molar-refractivity contribution is -0.884. The number of nitro groups is 1. The summed E-state index contributed by atoms with van der Waals surface area (Å²) in [5.74, 6) is 0.770. The molecule has 1 fully saturated rings. The Morgan fingerprint density at radius 1 is 1.27 bits per heavy atom. The number of hydrazone groups is 1. The summed E-state index contributed by atoms with van der Waals surface area (Å²) in [4.78, 5) is 12.2. The van der Waals surface area contributed by atoms with Crippen LogP contribution in [0.1, 0.15) is 5.56 Å². The van der Waals surface area contributed by atoms with Crippen LogP contribution in [0.25, 0.3) is 0 Å². The normalized spacial score (nSPS) is 16.0. The van der Waals surface area contributed by atoms with E-state index in [-0.39, 0.29) is 5.69 Å². The van der Waals surface area contributed by atoms with Crippen molar-refractivity contribution in [1.82, 2.24) is 5.01 Å². The smallest absolute Gasteiger partial charge is 0.282 e. The molecule has 1 aliphatic heterocycles. The van der Waals surface area contributed by atoms with Crippen LogP contribution in [0, 0.1) is 10.1 Å². The van der Waals surface area contributed by atoms with E-state index in [0.29, 0.717) is 17.1 Å². The first-order chi connectivity index (χ1) is 10.5. The van der Waals surface area contributed by atoms with Gasteiger partial charge in [0.1, 0.15) is 0 Å². The van der Waals surface area contributed by atoms with E-state index in [1.54, 1.807) is 6.07 Å². The Labute approximate surface area is 129 Å². The van der Waals surface area contributed by atoms with Crippen molar-refractivity contribution in [2.75, 3.05) is 47.4 Å². The molecular weight excluding hydrogens is 288 g/mol. The van der Waals surface area contributed by atoms with Crippen LogP contribution >= 0.6 is 0 Å². The number of nitrogens with zero attached hydrogens (tertiary/aromatic N) is 3. The van der Waals surface area contributed by atoms with Gasteiger partial charge >= 0.3 is 0 Å². The Morgan fingerprint density at radius 2 is 1.86 bits per heavy atom. The third kappa shape index (κ3) is 3.64. The van der Waals surface area contributed by atoms with Crippen LogP contribution in [0.5, 0.6) is 11.5 Å². The molecule has 0 aliphatic carbocycles. The molecule has 2 rings (SSSR count). The lowest BCUT2D eigenvalue weighted by Gasteiger charge is -2.27. The van der Waals surface area contributed by atoms with Gasteiger partial charge in [0.25, 0.3) is 5.69 Å². The number of piperazine rings is 1. The first-order valence-corrected chi connectivity index (χ1v) is 7.05. The zero-order valence-corrected chi connectivity index (χ0v) is 13.0. The van der Waals surface area contributed by atoms with E-state index in [9.17, 15) is 10.1 Å². The predicted octanol–water partition coefficient (Wildman–Crippen LogP) is -0.224. The molecule has 1 saturated heterocycles. The number of nitrogens with one attached hydrogen (secondary N) is 1. The summed E-state index contributed by atoms with van der Waals surface area (Å²) in [5.41, 5.74) is 0.343. The van der Waals surface area contributed by atoms with E-state index < -0.39 is 4.92 Å². The lowest BCUT2D eigenvalue weighted by atomic mass is 10.1. The molecule has 0 unspecified atom stereocenters. The number of ether oxygens (including phenoxy) is 2. The van der Waals surface area contributed by atoms with E-state index in [1.807, 2.05) is 5.01 Å². The van der Waals surface area contributed by atoms with Gasteiger partial charge in [-0.2, -0.15) is 5.10 Å². The predicted molar refractivity (Wildman–Crippen MR) is 82.0 cm³/mol. The van der Waals surface area contributed by atoms with Crippen LogP contribution in [-0.4, -0.2) is 63.6 Å². The number of nitro benzene ring substituents is 1. The van der Waals surface area contributed by atoms with Crippen LogP contribution in [0.15, 0.2) is 17.2 Å². The minimum Gasteiger partial charge on any atom is -0.493 e. The van der Waals surface area contributed by atoms with E-state index >= 15 is 0 Å². The van der Waals surface area contributed by atoms with E-state index in [1.165, 1.54) is 31.4 Å². The summed E-state index contributed by atoms with van der Waals surface area (Å²) in [6.45, 7) is 3.68. The van der Waals surface area contributed by atoms with Gasteiger partial charge in [0.05, 0.1) is 70.2 Å². The maximum absolute atomic E-state index is 11.2. The number of quaternary nitrogens is 1. The Balaban J connectivity index is 2.26. The van der Waals surface area contributed by atoms with Gasteiger partial charge in [-0.05, 0) is 6.07 Å². The van der Waals surface area contributed by atoms with Crippen molar-refractivity contribution in [3.05, 3.63) is 27.8 Å². The third-order valence-corrected chi connectivity index (χ3v) is 3.68. The molecule has 0 bridgehead atoms. The lowest BCUT2D eigenvalue weighted by Crippen LogP contribution is -3.11. The fourth-order valence-corrected chi connectivity index (χ4v) is 2.28. The molecule has 1 aromatic rings. The van der Waals surface area contributed by atoms with Crippen molar-refractivity contribution in [2.45, 2.75) is 0 Å². The Morgan fingerprint density at radius 3 is 2.41 bits per heavy atom. The van der Waals surface area contributed by atoms with E-state index in [4.69, 9.17) is 9.47 Å². The largest absolute Gasteiger partial charge is 0.493 e. The van der Waals surface area contributed by atoms with Gasteiger partial charge in [-0.3, -0.25) is 15.1 Å². The van der Waals surface area contributed by atoms with E-state index in [0.717, 1.165) is 26.2 Å². The van der Waals surface area contributed by atoms with Crippen molar-refractivity contribution in [1.29, 1.82) is 0 Å². The minimum atomic E-state index is -0.447. The Hall–Kier alpha value is -2.35. The molecule has 120 valence electrons. The maximum Gasteiger partial charge on any atom is 0.282 e. The number of rotatable bonds is 5. The molecule has 1 N–H and O–H groups in total. The van der Waals surface area contributed by atoms with Gasteiger partial charge in [0.15, 0.2) is 11.5 Å². The molecule has 0 aromatic heterocycles. The molecule has 0 amide bonds. The van der Waals surface area contributed by atoms with Crippen molar-refractivity contribution in [3.63, 3.8) is 0 Å². The van der Waals surface area contributed by atoms with Gasteiger partial charge in [0.2, 0.25) is 0 Å². The number of benzene rings is 1. The summed E-state index contributed by atoms with van der Waals surface area (Å²) in [7, 11) is 5.08. The number of hydrogen-bond acceptors (Lipinski definition) is 6. The van der Waals surface area contributed by atoms with Crippen LogP contribution in [0.2, 0.25) is 0 Å². The van der Waals surface area contributed by atoms with Gasteiger partial charge in [-0.15, -0.1) is 0 Å². The molecule has 1 heterocycles. The SMILES string of the molecule is COc1cc(/C=N\N2CC[NH+](C)CC2)c([N+](=O)[O-])cc1OC. The molecule has 8 heteroatoms. The molecule has 8 nitrogen and oxygen atoms in total. The molecule has 22 heavy (non-hydrogen) atoms. The number of hydrogen-bond donors (Lipinski definition) is 1. The topological polar surface area (TPSA) is 81.6 Å². The molecule has 0 atom stereocenters. The monoisotopic (exact) mass is 309 g/mol. The zero-order valence-electron chi connectivity index (χ0n) is 13.0. The highest BCUT2D eigenvalue weighted by atomic mass is 16.6. The highest BCUT2D eigenvalue weighted by Gasteiger charge is 2.19. The number of methoxy groups -OCH3 is 2. The highest BCUT2D eigenvalue weighted by Crippen LogP contribution is 2.33. The molecule has 0 saturated carbocycles.